The minimum Gasteiger partial charge on any atom is -0.497 e. The number of amides is 1. The van der Waals surface area contributed by atoms with Gasteiger partial charge in [-0.25, -0.2) is 0 Å². The van der Waals surface area contributed by atoms with Gasteiger partial charge in [0, 0.05) is 23.7 Å². The van der Waals surface area contributed by atoms with Crippen LogP contribution in [0.2, 0.25) is 0 Å². The van der Waals surface area contributed by atoms with E-state index in [-0.39, 0.29) is 5.91 Å². The highest BCUT2D eigenvalue weighted by Gasteiger charge is 2.20. The van der Waals surface area contributed by atoms with Crippen LogP contribution in [0, 0.1) is 0 Å². The van der Waals surface area contributed by atoms with Crippen molar-refractivity contribution in [2.45, 2.75) is 19.4 Å². The summed E-state index contributed by atoms with van der Waals surface area (Å²) >= 11 is 0. The molecule has 0 bridgehead atoms. The maximum Gasteiger partial charge on any atom is 0.252 e. The first-order valence-corrected chi connectivity index (χ1v) is 5.67. The van der Waals surface area contributed by atoms with Gasteiger partial charge < -0.3 is 20.5 Å². The minimum atomic E-state index is -0.451. The summed E-state index contributed by atoms with van der Waals surface area (Å²) in [5, 5.41) is 2.85. The van der Waals surface area contributed by atoms with Crippen LogP contribution in [0.5, 0.6) is 11.5 Å². The zero-order valence-electron chi connectivity index (χ0n) is 11.2. The molecule has 1 amide bonds. The van der Waals surface area contributed by atoms with Crippen molar-refractivity contribution in [2.24, 2.45) is 5.73 Å². The molecule has 1 aromatic carbocycles. The molecule has 0 aliphatic rings. The van der Waals surface area contributed by atoms with Crippen LogP contribution in [-0.4, -0.2) is 32.2 Å². The third kappa shape index (κ3) is 3.63. The molecule has 0 spiro atoms. The van der Waals surface area contributed by atoms with E-state index in [2.05, 4.69) is 5.32 Å². The van der Waals surface area contributed by atoms with Crippen molar-refractivity contribution in [1.82, 2.24) is 5.32 Å². The topological polar surface area (TPSA) is 73.6 Å². The standard InChI is InChI=1S/C13H20N2O3/c1-13(2,8-14)15-12(16)9-5-10(17-3)7-11(6-9)18-4/h5-7H,8,14H2,1-4H3,(H,15,16). The van der Waals surface area contributed by atoms with E-state index in [0.29, 0.717) is 23.6 Å². The SMILES string of the molecule is COc1cc(OC)cc(C(=O)NC(C)(C)CN)c1. The molecule has 0 aliphatic carbocycles. The summed E-state index contributed by atoms with van der Waals surface area (Å²) in [5.74, 6) is 0.942. The predicted molar refractivity (Wildman–Crippen MR) is 70.1 cm³/mol. The minimum absolute atomic E-state index is 0.206. The second kappa shape index (κ2) is 5.73. The van der Waals surface area contributed by atoms with E-state index in [1.54, 1.807) is 32.4 Å². The number of carbonyl (C=O) groups excluding carboxylic acids is 1. The van der Waals surface area contributed by atoms with Crippen LogP contribution in [0.1, 0.15) is 24.2 Å². The third-order valence-corrected chi connectivity index (χ3v) is 2.58. The number of carbonyl (C=O) groups is 1. The van der Waals surface area contributed by atoms with E-state index in [1.807, 2.05) is 13.8 Å². The highest BCUT2D eigenvalue weighted by atomic mass is 16.5. The first kappa shape index (κ1) is 14.3. The second-order valence-electron chi connectivity index (χ2n) is 4.64. The lowest BCUT2D eigenvalue weighted by Crippen LogP contribution is -2.48. The largest absolute Gasteiger partial charge is 0.497 e. The molecule has 1 aromatic rings. The average molecular weight is 252 g/mol. The molecule has 3 N–H and O–H groups in total. The Bertz CT molecular complexity index is 408. The van der Waals surface area contributed by atoms with Gasteiger partial charge in [-0.15, -0.1) is 0 Å². The number of methoxy groups -OCH3 is 2. The van der Waals surface area contributed by atoms with Crippen molar-refractivity contribution in [2.75, 3.05) is 20.8 Å². The first-order chi connectivity index (χ1) is 8.41. The second-order valence-corrected chi connectivity index (χ2v) is 4.64. The fraction of sp³-hybridized carbons (Fsp3) is 0.462. The normalized spacial score (nSPS) is 10.9. The maximum atomic E-state index is 12.1. The fourth-order valence-electron chi connectivity index (χ4n) is 1.37. The molecule has 5 heteroatoms. The Morgan fingerprint density at radius 1 is 1.22 bits per heavy atom. The van der Waals surface area contributed by atoms with Crippen molar-refractivity contribution in [1.29, 1.82) is 0 Å². The summed E-state index contributed by atoms with van der Waals surface area (Å²) in [5.41, 5.74) is 5.61. The molecule has 0 saturated heterocycles. The van der Waals surface area contributed by atoms with Gasteiger partial charge in [0.2, 0.25) is 0 Å². The van der Waals surface area contributed by atoms with Crippen molar-refractivity contribution in [3.8, 4) is 11.5 Å². The summed E-state index contributed by atoms with van der Waals surface area (Å²) in [6, 6.07) is 5.03. The van der Waals surface area contributed by atoms with Gasteiger partial charge in [-0.2, -0.15) is 0 Å². The van der Waals surface area contributed by atoms with Gasteiger partial charge in [0.1, 0.15) is 11.5 Å². The molecule has 0 aliphatic heterocycles. The number of rotatable bonds is 5. The molecule has 5 nitrogen and oxygen atoms in total. The van der Waals surface area contributed by atoms with Crippen LogP contribution in [-0.2, 0) is 0 Å². The van der Waals surface area contributed by atoms with Crippen molar-refractivity contribution < 1.29 is 14.3 Å². The predicted octanol–water partition coefficient (Wildman–Crippen LogP) is 1.17. The van der Waals surface area contributed by atoms with Crippen LogP contribution in [0.25, 0.3) is 0 Å². The highest BCUT2D eigenvalue weighted by Crippen LogP contribution is 2.22. The Hall–Kier alpha value is -1.75. The number of benzene rings is 1. The zero-order chi connectivity index (χ0) is 13.8. The first-order valence-electron chi connectivity index (χ1n) is 5.67. The molecular weight excluding hydrogens is 232 g/mol. The average Bonchev–Trinajstić information content (AvgIpc) is 2.37. The molecule has 100 valence electrons. The summed E-state index contributed by atoms with van der Waals surface area (Å²) in [6.07, 6.45) is 0. The molecule has 0 atom stereocenters. The van der Waals surface area contributed by atoms with E-state index < -0.39 is 5.54 Å². The van der Waals surface area contributed by atoms with E-state index in [9.17, 15) is 4.79 Å². The van der Waals surface area contributed by atoms with Gasteiger partial charge >= 0.3 is 0 Å². The van der Waals surface area contributed by atoms with Gasteiger partial charge in [0.05, 0.1) is 14.2 Å². The summed E-state index contributed by atoms with van der Waals surface area (Å²) in [6.45, 7) is 4.09. The Kier molecular flexibility index (Phi) is 4.55. The number of nitrogens with one attached hydrogen (secondary N) is 1. The molecule has 0 unspecified atom stereocenters. The van der Waals surface area contributed by atoms with Crippen molar-refractivity contribution in [3.63, 3.8) is 0 Å². The zero-order valence-corrected chi connectivity index (χ0v) is 11.2. The number of ether oxygens (including phenoxy) is 2. The fourth-order valence-corrected chi connectivity index (χ4v) is 1.37. The van der Waals surface area contributed by atoms with Crippen LogP contribution in [0.3, 0.4) is 0 Å². The van der Waals surface area contributed by atoms with Gasteiger partial charge in [-0.05, 0) is 26.0 Å². The summed E-state index contributed by atoms with van der Waals surface area (Å²) in [4.78, 5) is 12.1. The smallest absolute Gasteiger partial charge is 0.252 e. The lowest BCUT2D eigenvalue weighted by atomic mass is 10.0. The van der Waals surface area contributed by atoms with E-state index in [1.165, 1.54) is 0 Å². The van der Waals surface area contributed by atoms with Gasteiger partial charge in [-0.1, -0.05) is 0 Å². The Balaban J connectivity index is 2.98. The van der Waals surface area contributed by atoms with Crippen LogP contribution in [0.4, 0.5) is 0 Å². The van der Waals surface area contributed by atoms with Gasteiger partial charge in [0.25, 0.3) is 5.91 Å². The number of hydrogen-bond donors (Lipinski definition) is 2. The van der Waals surface area contributed by atoms with Gasteiger partial charge in [-0.3, -0.25) is 4.79 Å². The maximum absolute atomic E-state index is 12.1. The monoisotopic (exact) mass is 252 g/mol. The lowest BCUT2D eigenvalue weighted by Gasteiger charge is -2.24. The molecule has 0 saturated carbocycles. The lowest BCUT2D eigenvalue weighted by molar-refractivity contribution is 0.0915. The highest BCUT2D eigenvalue weighted by molar-refractivity contribution is 5.95. The molecule has 0 fully saturated rings. The Morgan fingerprint density at radius 3 is 2.11 bits per heavy atom. The van der Waals surface area contributed by atoms with Gasteiger partial charge in [0.15, 0.2) is 0 Å². The molecule has 0 aromatic heterocycles. The molecular formula is C13H20N2O3. The van der Waals surface area contributed by atoms with Crippen LogP contribution in [0.15, 0.2) is 18.2 Å². The molecule has 0 heterocycles. The summed E-state index contributed by atoms with van der Waals surface area (Å²) < 4.78 is 10.2. The van der Waals surface area contributed by atoms with Crippen molar-refractivity contribution >= 4 is 5.91 Å². The third-order valence-electron chi connectivity index (χ3n) is 2.58. The van der Waals surface area contributed by atoms with Crippen LogP contribution >= 0.6 is 0 Å². The Labute approximate surface area is 107 Å². The van der Waals surface area contributed by atoms with E-state index in [4.69, 9.17) is 15.2 Å². The molecule has 1 rings (SSSR count). The van der Waals surface area contributed by atoms with Crippen LogP contribution < -0.4 is 20.5 Å². The van der Waals surface area contributed by atoms with E-state index >= 15 is 0 Å². The number of hydrogen-bond acceptors (Lipinski definition) is 4. The molecule has 18 heavy (non-hydrogen) atoms. The number of nitrogens with two attached hydrogens (primary N) is 1. The van der Waals surface area contributed by atoms with Crippen molar-refractivity contribution in [3.05, 3.63) is 23.8 Å². The quantitative estimate of drug-likeness (QED) is 0.825. The summed E-state index contributed by atoms with van der Waals surface area (Å²) in [7, 11) is 3.08. The van der Waals surface area contributed by atoms with E-state index in [0.717, 1.165) is 0 Å². The molecule has 0 radical (unpaired) electrons. The Morgan fingerprint density at radius 2 is 1.72 bits per heavy atom.